The molecule has 0 saturated heterocycles. The summed E-state index contributed by atoms with van der Waals surface area (Å²) in [6.07, 6.45) is 6.57. The number of aliphatic imine (C=N–C) groups is 1. The van der Waals surface area contributed by atoms with Gasteiger partial charge in [0.15, 0.2) is 5.96 Å². The molecule has 110 valence electrons. The van der Waals surface area contributed by atoms with Crippen LogP contribution in [0, 0.1) is 5.92 Å². The first-order valence-corrected chi connectivity index (χ1v) is 6.85. The molecule has 1 aromatic rings. The molecular weight excluding hydrogens is 351 g/mol. The topological polar surface area (TPSA) is 41.4 Å². The maximum atomic E-state index is 4.23. The molecule has 0 bridgehead atoms. The van der Waals surface area contributed by atoms with Crippen LogP contribution >= 0.6 is 24.0 Å². The standard InChI is InChI=1S/C14H26N4.HI/c1-4-13(5-2)12-17-14(15-3)16-8-11-18-9-6-7-10-18;/h6-7,9-10,13H,4-5,8,11-12H2,1-3H3,(H2,15,16,17);1H. The second kappa shape index (κ2) is 11.1. The fraction of sp³-hybridized carbons (Fsp3) is 0.643. The summed E-state index contributed by atoms with van der Waals surface area (Å²) in [6, 6.07) is 4.08. The van der Waals surface area contributed by atoms with Gasteiger partial charge in [0.25, 0.3) is 0 Å². The minimum Gasteiger partial charge on any atom is -0.356 e. The summed E-state index contributed by atoms with van der Waals surface area (Å²) in [4.78, 5) is 4.23. The zero-order valence-electron chi connectivity index (χ0n) is 12.2. The Hall–Kier alpha value is -0.720. The lowest BCUT2D eigenvalue weighted by Gasteiger charge is -2.16. The van der Waals surface area contributed by atoms with E-state index in [9.17, 15) is 0 Å². The summed E-state index contributed by atoms with van der Waals surface area (Å²) in [6.45, 7) is 7.31. The minimum absolute atomic E-state index is 0. The van der Waals surface area contributed by atoms with E-state index in [0.29, 0.717) is 0 Å². The fourth-order valence-corrected chi connectivity index (χ4v) is 1.86. The van der Waals surface area contributed by atoms with Crippen molar-refractivity contribution in [2.24, 2.45) is 10.9 Å². The van der Waals surface area contributed by atoms with E-state index in [-0.39, 0.29) is 24.0 Å². The number of halogens is 1. The predicted molar refractivity (Wildman–Crippen MR) is 93.3 cm³/mol. The van der Waals surface area contributed by atoms with Crippen molar-refractivity contribution < 1.29 is 0 Å². The molecular formula is C14H27IN4. The zero-order chi connectivity index (χ0) is 13.2. The van der Waals surface area contributed by atoms with Crippen LogP contribution in [0.4, 0.5) is 0 Å². The van der Waals surface area contributed by atoms with Crippen molar-refractivity contribution in [2.75, 3.05) is 20.1 Å². The first kappa shape index (κ1) is 18.3. The Morgan fingerprint density at radius 1 is 1.16 bits per heavy atom. The Kier molecular flexibility index (Phi) is 10.7. The van der Waals surface area contributed by atoms with E-state index in [1.807, 2.05) is 19.2 Å². The molecule has 0 aliphatic heterocycles. The quantitative estimate of drug-likeness (QED) is 0.435. The molecule has 2 N–H and O–H groups in total. The van der Waals surface area contributed by atoms with Gasteiger partial charge in [-0.25, -0.2) is 0 Å². The maximum Gasteiger partial charge on any atom is 0.191 e. The minimum atomic E-state index is 0. The largest absolute Gasteiger partial charge is 0.356 e. The second-order valence-corrected chi connectivity index (χ2v) is 4.48. The van der Waals surface area contributed by atoms with Crippen LogP contribution in [0.15, 0.2) is 29.5 Å². The van der Waals surface area contributed by atoms with Crippen molar-refractivity contribution in [2.45, 2.75) is 33.2 Å². The SMILES string of the molecule is CCC(CC)CNC(=NC)NCCn1cccc1.I. The molecule has 0 aliphatic rings. The molecule has 0 spiro atoms. The second-order valence-electron chi connectivity index (χ2n) is 4.48. The molecule has 0 unspecified atom stereocenters. The normalized spacial score (nSPS) is 11.3. The van der Waals surface area contributed by atoms with Gasteiger partial charge in [-0.15, -0.1) is 24.0 Å². The van der Waals surface area contributed by atoms with Gasteiger partial charge in [-0.3, -0.25) is 4.99 Å². The fourth-order valence-electron chi connectivity index (χ4n) is 1.86. The first-order chi connectivity index (χ1) is 8.80. The highest BCUT2D eigenvalue weighted by Crippen LogP contribution is 2.04. The van der Waals surface area contributed by atoms with Crippen LogP contribution in [-0.2, 0) is 6.54 Å². The summed E-state index contributed by atoms with van der Waals surface area (Å²) in [7, 11) is 1.82. The molecule has 0 fully saturated rings. The summed E-state index contributed by atoms with van der Waals surface area (Å²) in [5, 5.41) is 6.71. The molecule has 0 aliphatic carbocycles. The van der Waals surface area contributed by atoms with Crippen molar-refractivity contribution in [1.82, 2.24) is 15.2 Å². The van der Waals surface area contributed by atoms with Gasteiger partial charge in [0, 0.05) is 39.1 Å². The number of nitrogens with zero attached hydrogens (tertiary/aromatic N) is 2. The third-order valence-electron chi connectivity index (χ3n) is 3.27. The third-order valence-corrected chi connectivity index (χ3v) is 3.27. The van der Waals surface area contributed by atoms with E-state index >= 15 is 0 Å². The summed E-state index contributed by atoms with van der Waals surface area (Å²) in [5.74, 6) is 1.63. The lowest BCUT2D eigenvalue weighted by atomic mass is 10.0. The zero-order valence-corrected chi connectivity index (χ0v) is 14.6. The van der Waals surface area contributed by atoms with E-state index in [4.69, 9.17) is 0 Å². The maximum absolute atomic E-state index is 4.23. The van der Waals surface area contributed by atoms with Crippen molar-refractivity contribution in [3.63, 3.8) is 0 Å². The smallest absolute Gasteiger partial charge is 0.191 e. The number of hydrogen-bond donors (Lipinski definition) is 2. The number of rotatable bonds is 7. The van der Waals surface area contributed by atoms with Crippen LogP contribution in [0.1, 0.15) is 26.7 Å². The summed E-state index contributed by atoms with van der Waals surface area (Å²) < 4.78 is 2.15. The van der Waals surface area contributed by atoms with Gasteiger partial charge < -0.3 is 15.2 Å². The van der Waals surface area contributed by atoms with Crippen LogP contribution in [0.5, 0.6) is 0 Å². The molecule has 1 rings (SSSR count). The van der Waals surface area contributed by atoms with Gasteiger partial charge in [0.1, 0.15) is 0 Å². The molecule has 0 saturated carbocycles. The number of hydrogen-bond acceptors (Lipinski definition) is 1. The van der Waals surface area contributed by atoms with Crippen LogP contribution in [0.25, 0.3) is 0 Å². The summed E-state index contributed by atoms with van der Waals surface area (Å²) in [5.41, 5.74) is 0. The Labute approximate surface area is 134 Å². The Bertz CT molecular complexity index is 331. The molecule has 0 aromatic carbocycles. The van der Waals surface area contributed by atoms with E-state index in [0.717, 1.165) is 31.5 Å². The van der Waals surface area contributed by atoms with E-state index in [1.165, 1.54) is 12.8 Å². The monoisotopic (exact) mass is 378 g/mol. The van der Waals surface area contributed by atoms with Gasteiger partial charge in [0.05, 0.1) is 0 Å². The molecule has 0 atom stereocenters. The average molecular weight is 378 g/mol. The van der Waals surface area contributed by atoms with Gasteiger partial charge in [-0.1, -0.05) is 26.7 Å². The first-order valence-electron chi connectivity index (χ1n) is 6.85. The van der Waals surface area contributed by atoms with Gasteiger partial charge in [0.2, 0.25) is 0 Å². The number of aromatic nitrogens is 1. The average Bonchev–Trinajstić information content (AvgIpc) is 2.91. The van der Waals surface area contributed by atoms with E-state index in [1.54, 1.807) is 0 Å². The highest BCUT2D eigenvalue weighted by molar-refractivity contribution is 14.0. The number of guanidine groups is 1. The lowest BCUT2D eigenvalue weighted by Crippen LogP contribution is -2.40. The summed E-state index contributed by atoms with van der Waals surface area (Å²) >= 11 is 0. The Balaban J connectivity index is 0.00000324. The van der Waals surface area contributed by atoms with Gasteiger partial charge in [-0.05, 0) is 18.1 Å². The molecule has 5 heteroatoms. The van der Waals surface area contributed by atoms with Crippen molar-refractivity contribution >= 4 is 29.9 Å². The van der Waals surface area contributed by atoms with Gasteiger partial charge >= 0.3 is 0 Å². The highest BCUT2D eigenvalue weighted by atomic mass is 127. The van der Waals surface area contributed by atoms with E-state index < -0.39 is 0 Å². The molecule has 0 amide bonds. The van der Waals surface area contributed by atoms with Crippen LogP contribution < -0.4 is 10.6 Å². The van der Waals surface area contributed by atoms with Crippen molar-refractivity contribution in [1.29, 1.82) is 0 Å². The predicted octanol–water partition coefficient (Wildman–Crippen LogP) is 2.71. The lowest BCUT2D eigenvalue weighted by molar-refractivity contribution is 0.481. The van der Waals surface area contributed by atoms with Crippen molar-refractivity contribution in [3.05, 3.63) is 24.5 Å². The van der Waals surface area contributed by atoms with E-state index in [2.05, 4.69) is 46.4 Å². The van der Waals surface area contributed by atoms with Gasteiger partial charge in [-0.2, -0.15) is 0 Å². The molecule has 4 nitrogen and oxygen atoms in total. The Morgan fingerprint density at radius 2 is 1.79 bits per heavy atom. The van der Waals surface area contributed by atoms with Crippen molar-refractivity contribution in [3.8, 4) is 0 Å². The van der Waals surface area contributed by atoms with Crippen LogP contribution in [0.2, 0.25) is 0 Å². The molecule has 1 aromatic heterocycles. The van der Waals surface area contributed by atoms with Crippen LogP contribution in [0.3, 0.4) is 0 Å². The molecule has 0 radical (unpaired) electrons. The molecule has 19 heavy (non-hydrogen) atoms. The third kappa shape index (κ3) is 7.44. The number of nitrogens with one attached hydrogen (secondary N) is 2. The Morgan fingerprint density at radius 3 is 2.32 bits per heavy atom. The molecule has 1 heterocycles. The highest BCUT2D eigenvalue weighted by Gasteiger charge is 2.04. The van der Waals surface area contributed by atoms with Crippen LogP contribution in [-0.4, -0.2) is 30.7 Å².